The molecule has 1 amide bonds. The van der Waals surface area contributed by atoms with E-state index in [1.165, 1.54) is 6.07 Å². The molecule has 1 aliphatic rings. The normalized spacial score (nSPS) is 17.8. The number of hydrogen-bond acceptors (Lipinski definition) is 2. The first-order valence-corrected chi connectivity index (χ1v) is 8.25. The van der Waals surface area contributed by atoms with Crippen molar-refractivity contribution in [2.45, 2.75) is 38.3 Å². The maximum atomic E-state index is 12.9. The summed E-state index contributed by atoms with van der Waals surface area (Å²) in [6.07, 6.45) is -2.35. The Hall–Kier alpha value is -1.56. The largest absolute Gasteiger partial charge is 0.416 e. The van der Waals surface area contributed by atoms with E-state index in [-0.39, 0.29) is 5.91 Å². The Kier molecular flexibility index (Phi) is 5.58. The zero-order valence-electron chi connectivity index (χ0n) is 14.4. The van der Waals surface area contributed by atoms with Gasteiger partial charge in [0.2, 0.25) is 5.91 Å². The van der Waals surface area contributed by atoms with Gasteiger partial charge in [-0.15, -0.1) is 0 Å². The minimum atomic E-state index is -4.41. The summed E-state index contributed by atoms with van der Waals surface area (Å²) in [6.45, 7) is 5.92. The summed E-state index contributed by atoms with van der Waals surface area (Å²) in [6, 6.07) is 5.01. The number of hydrogen-bond donors (Lipinski definition) is 1. The fraction of sp³-hybridized carbons (Fsp3) is 0.611. The molecule has 2 rings (SSSR count). The standard InChI is InChI=1S/C18H25F3N2O/c1-17(2,14-5-4-6-15(11-14)18(19,20)21)16(24)22-12-13-7-9-23(3)10-8-13/h4-6,11,13H,7-10,12H2,1-3H3,(H,22,24). The molecule has 0 aliphatic carbocycles. The van der Waals surface area contributed by atoms with Crippen molar-refractivity contribution in [3.63, 3.8) is 0 Å². The summed E-state index contributed by atoms with van der Waals surface area (Å²) in [5.41, 5.74) is -1.36. The van der Waals surface area contributed by atoms with E-state index in [4.69, 9.17) is 0 Å². The summed E-state index contributed by atoms with van der Waals surface area (Å²) in [5.74, 6) is 0.197. The second-order valence-corrected chi connectivity index (χ2v) is 7.16. The second kappa shape index (κ2) is 7.13. The molecule has 1 aromatic rings. The fourth-order valence-electron chi connectivity index (χ4n) is 2.94. The van der Waals surface area contributed by atoms with Crippen molar-refractivity contribution in [2.75, 3.05) is 26.7 Å². The lowest BCUT2D eigenvalue weighted by atomic mass is 9.82. The van der Waals surface area contributed by atoms with Crippen LogP contribution in [0.25, 0.3) is 0 Å². The number of piperidine rings is 1. The Morgan fingerprint density at radius 2 is 1.79 bits per heavy atom. The molecular formula is C18H25F3N2O. The molecule has 0 radical (unpaired) electrons. The van der Waals surface area contributed by atoms with E-state index >= 15 is 0 Å². The van der Waals surface area contributed by atoms with Crippen molar-refractivity contribution in [1.82, 2.24) is 10.2 Å². The topological polar surface area (TPSA) is 32.3 Å². The fourth-order valence-corrected chi connectivity index (χ4v) is 2.94. The van der Waals surface area contributed by atoms with Gasteiger partial charge in [0.15, 0.2) is 0 Å². The van der Waals surface area contributed by atoms with Gasteiger partial charge in [-0.25, -0.2) is 0 Å². The van der Waals surface area contributed by atoms with Crippen molar-refractivity contribution in [1.29, 1.82) is 0 Å². The van der Waals surface area contributed by atoms with Crippen LogP contribution in [0.15, 0.2) is 24.3 Å². The summed E-state index contributed by atoms with van der Waals surface area (Å²) in [5, 5.41) is 2.93. The number of alkyl halides is 3. The quantitative estimate of drug-likeness (QED) is 0.909. The molecule has 1 saturated heterocycles. The molecule has 0 aromatic heterocycles. The minimum Gasteiger partial charge on any atom is -0.355 e. The van der Waals surface area contributed by atoms with Gasteiger partial charge in [0, 0.05) is 6.54 Å². The Morgan fingerprint density at radius 3 is 2.38 bits per heavy atom. The Bertz CT molecular complexity index is 576. The van der Waals surface area contributed by atoms with Crippen LogP contribution in [0.4, 0.5) is 13.2 Å². The lowest BCUT2D eigenvalue weighted by Crippen LogP contribution is -2.43. The van der Waals surface area contributed by atoms with E-state index in [9.17, 15) is 18.0 Å². The summed E-state index contributed by atoms with van der Waals surface area (Å²) in [7, 11) is 2.07. The first-order valence-electron chi connectivity index (χ1n) is 8.25. The summed E-state index contributed by atoms with van der Waals surface area (Å²) in [4.78, 5) is 14.8. The molecule has 0 atom stereocenters. The average Bonchev–Trinajstić information content (AvgIpc) is 2.53. The van der Waals surface area contributed by atoms with E-state index in [1.807, 2.05) is 0 Å². The van der Waals surface area contributed by atoms with Crippen molar-refractivity contribution in [3.05, 3.63) is 35.4 Å². The van der Waals surface area contributed by atoms with E-state index in [0.29, 0.717) is 18.0 Å². The van der Waals surface area contributed by atoms with Gasteiger partial charge >= 0.3 is 6.18 Å². The van der Waals surface area contributed by atoms with E-state index in [1.54, 1.807) is 19.9 Å². The number of nitrogens with one attached hydrogen (secondary N) is 1. The molecule has 1 fully saturated rings. The van der Waals surface area contributed by atoms with Gasteiger partial charge in [-0.3, -0.25) is 4.79 Å². The molecule has 1 aromatic carbocycles. The highest BCUT2D eigenvalue weighted by molar-refractivity contribution is 5.87. The molecule has 1 aliphatic heterocycles. The Morgan fingerprint density at radius 1 is 1.21 bits per heavy atom. The van der Waals surface area contributed by atoms with E-state index in [2.05, 4.69) is 17.3 Å². The third-order valence-electron chi connectivity index (χ3n) is 4.87. The lowest BCUT2D eigenvalue weighted by molar-refractivity contribution is -0.138. The highest BCUT2D eigenvalue weighted by Crippen LogP contribution is 2.33. The van der Waals surface area contributed by atoms with Gasteiger partial charge in [0.25, 0.3) is 0 Å². The third kappa shape index (κ3) is 4.50. The van der Waals surface area contributed by atoms with Crippen LogP contribution < -0.4 is 5.32 Å². The minimum absolute atomic E-state index is 0.235. The maximum absolute atomic E-state index is 12.9. The number of rotatable bonds is 4. The number of nitrogens with zero attached hydrogens (tertiary/aromatic N) is 1. The second-order valence-electron chi connectivity index (χ2n) is 7.16. The van der Waals surface area contributed by atoms with Crippen LogP contribution >= 0.6 is 0 Å². The molecule has 0 spiro atoms. The Labute approximate surface area is 141 Å². The molecule has 1 heterocycles. The van der Waals surface area contributed by atoms with Gasteiger partial charge < -0.3 is 10.2 Å². The molecule has 24 heavy (non-hydrogen) atoms. The van der Waals surface area contributed by atoms with Crippen molar-refractivity contribution in [3.8, 4) is 0 Å². The molecule has 3 nitrogen and oxygen atoms in total. The number of amides is 1. The molecule has 0 bridgehead atoms. The van der Waals surface area contributed by atoms with Gasteiger partial charge in [-0.1, -0.05) is 18.2 Å². The highest BCUT2D eigenvalue weighted by atomic mass is 19.4. The molecule has 1 N–H and O–H groups in total. The van der Waals surface area contributed by atoms with Crippen LogP contribution in [-0.2, 0) is 16.4 Å². The number of halogens is 3. The third-order valence-corrected chi connectivity index (χ3v) is 4.87. The average molecular weight is 342 g/mol. The summed E-state index contributed by atoms with van der Waals surface area (Å²) >= 11 is 0. The van der Waals surface area contributed by atoms with Gasteiger partial charge in [0.1, 0.15) is 0 Å². The van der Waals surface area contributed by atoms with Gasteiger partial charge in [0.05, 0.1) is 11.0 Å². The van der Waals surface area contributed by atoms with Crippen LogP contribution in [0.1, 0.15) is 37.8 Å². The lowest BCUT2D eigenvalue weighted by Gasteiger charge is -2.31. The molecular weight excluding hydrogens is 317 g/mol. The predicted molar refractivity (Wildman–Crippen MR) is 87.7 cm³/mol. The van der Waals surface area contributed by atoms with Gasteiger partial charge in [-0.2, -0.15) is 13.2 Å². The summed E-state index contributed by atoms with van der Waals surface area (Å²) < 4.78 is 38.6. The van der Waals surface area contributed by atoms with Crippen molar-refractivity contribution < 1.29 is 18.0 Å². The number of likely N-dealkylation sites (tertiary alicyclic amines) is 1. The van der Waals surface area contributed by atoms with E-state index in [0.717, 1.165) is 38.1 Å². The van der Waals surface area contributed by atoms with Crippen LogP contribution in [0.2, 0.25) is 0 Å². The van der Waals surface area contributed by atoms with Crippen LogP contribution in [0.5, 0.6) is 0 Å². The highest BCUT2D eigenvalue weighted by Gasteiger charge is 2.35. The van der Waals surface area contributed by atoms with Gasteiger partial charge in [-0.05, 0) is 64.4 Å². The van der Waals surface area contributed by atoms with Crippen molar-refractivity contribution >= 4 is 5.91 Å². The predicted octanol–water partition coefficient (Wildman–Crippen LogP) is 3.44. The smallest absolute Gasteiger partial charge is 0.355 e. The first kappa shape index (κ1) is 18.8. The number of carbonyl (C=O) groups is 1. The van der Waals surface area contributed by atoms with Crippen molar-refractivity contribution in [2.24, 2.45) is 5.92 Å². The number of benzene rings is 1. The molecule has 134 valence electrons. The van der Waals surface area contributed by atoms with Crippen LogP contribution in [-0.4, -0.2) is 37.5 Å². The van der Waals surface area contributed by atoms with Crippen LogP contribution in [0.3, 0.4) is 0 Å². The SMILES string of the molecule is CN1CCC(CNC(=O)C(C)(C)c2cccc(C(F)(F)F)c2)CC1. The zero-order valence-corrected chi connectivity index (χ0v) is 14.4. The monoisotopic (exact) mass is 342 g/mol. The molecule has 6 heteroatoms. The number of carbonyl (C=O) groups excluding carboxylic acids is 1. The van der Waals surface area contributed by atoms with Crippen LogP contribution in [0, 0.1) is 5.92 Å². The Balaban J connectivity index is 2.02. The zero-order chi connectivity index (χ0) is 18.0. The first-order chi connectivity index (χ1) is 11.1. The van der Waals surface area contributed by atoms with E-state index < -0.39 is 17.2 Å². The maximum Gasteiger partial charge on any atom is 0.416 e. The molecule has 0 saturated carbocycles. The molecule has 0 unspecified atom stereocenters.